The zero-order chi connectivity index (χ0) is 17.5. The van der Waals surface area contributed by atoms with Gasteiger partial charge < -0.3 is 4.90 Å². The predicted octanol–water partition coefficient (Wildman–Crippen LogP) is 4.24. The van der Waals surface area contributed by atoms with E-state index < -0.39 is 0 Å². The van der Waals surface area contributed by atoms with Crippen molar-refractivity contribution in [3.8, 4) is 11.1 Å². The summed E-state index contributed by atoms with van der Waals surface area (Å²) >= 11 is 0. The Labute approximate surface area is 152 Å². The van der Waals surface area contributed by atoms with E-state index in [0.717, 1.165) is 52.1 Å². The highest BCUT2D eigenvalue weighted by molar-refractivity contribution is 5.97. The number of para-hydroxylation sites is 1. The number of hydrogen-bond acceptors (Lipinski definition) is 4. The fourth-order valence-electron chi connectivity index (χ4n) is 3.90. The van der Waals surface area contributed by atoms with Gasteiger partial charge >= 0.3 is 0 Å². The van der Waals surface area contributed by atoms with Crippen molar-refractivity contribution in [1.82, 2.24) is 19.6 Å². The molecule has 0 saturated carbocycles. The summed E-state index contributed by atoms with van der Waals surface area (Å²) in [6.45, 7) is 4.24. The number of anilines is 1. The molecule has 0 unspecified atom stereocenters. The van der Waals surface area contributed by atoms with Gasteiger partial charge in [0.25, 0.3) is 0 Å². The molecule has 1 saturated heterocycles. The van der Waals surface area contributed by atoms with Crippen LogP contribution in [0.1, 0.15) is 25.0 Å². The van der Waals surface area contributed by atoms with Crippen LogP contribution in [0.25, 0.3) is 27.7 Å². The summed E-state index contributed by atoms with van der Waals surface area (Å²) in [5, 5.41) is 5.73. The molecule has 26 heavy (non-hydrogen) atoms. The van der Waals surface area contributed by atoms with Crippen LogP contribution in [-0.4, -0.2) is 32.7 Å². The van der Waals surface area contributed by atoms with E-state index >= 15 is 0 Å². The molecule has 3 aromatic heterocycles. The molecule has 0 bridgehead atoms. The molecule has 0 radical (unpaired) electrons. The fraction of sp³-hybridized carbons (Fsp3) is 0.286. The minimum absolute atomic E-state index is 0.890. The number of nitrogens with zero attached hydrogens (tertiary/aromatic N) is 5. The summed E-state index contributed by atoms with van der Waals surface area (Å²) in [4.78, 5) is 11.8. The fourth-order valence-corrected chi connectivity index (χ4v) is 3.90. The molecule has 4 aromatic rings. The minimum atomic E-state index is 0.890. The molecule has 130 valence electrons. The Balaban J connectivity index is 1.64. The number of aryl methyl sites for hydroxylation is 1. The molecule has 0 amide bonds. The van der Waals surface area contributed by atoms with Gasteiger partial charge in [-0.25, -0.2) is 9.50 Å². The smallest absolute Gasteiger partial charge is 0.162 e. The number of piperidine rings is 1. The van der Waals surface area contributed by atoms with Gasteiger partial charge in [0.05, 0.1) is 29.8 Å². The van der Waals surface area contributed by atoms with Crippen LogP contribution in [0, 0.1) is 6.92 Å². The Morgan fingerprint density at radius 3 is 2.69 bits per heavy atom. The number of aromatic nitrogens is 4. The molecule has 5 nitrogen and oxygen atoms in total. The number of pyridine rings is 1. The maximum Gasteiger partial charge on any atom is 0.162 e. The van der Waals surface area contributed by atoms with Crippen molar-refractivity contribution in [1.29, 1.82) is 0 Å². The van der Waals surface area contributed by atoms with Crippen molar-refractivity contribution < 1.29 is 0 Å². The van der Waals surface area contributed by atoms with E-state index in [0.29, 0.717) is 0 Å². The number of rotatable bonds is 2. The average Bonchev–Trinajstić information content (AvgIpc) is 3.11. The molecule has 1 aliphatic heterocycles. The summed E-state index contributed by atoms with van der Waals surface area (Å²) in [5.74, 6) is 0. The first-order chi connectivity index (χ1) is 12.8. The molecule has 4 heterocycles. The van der Waals surface area contributed by atoms with Crippen LogP contribution in [0.4, 0.5) is 5.69 Å². The third-order valence-corrected chi connectivity index (χ3v) is 5.20. The third-order valence-electron chi connectivity index (χ3n) is 5.20. The molecule has 0 N–H and O–H groups in total. The van der Waals surface area contributed by atoms with E-state index in [2.05, 4.69) is 45.4 Å². The Bertz CT molecular complexity index is 1090. The molecule has 0 aliphatic carbocycles. The Hall–Kier alpha value is -2.95. The molecular formula is C21H21N5. The van der Waals surface area contributed by atoms with Crippen molar-refractivity contribution in [2.75, 3.05) is 18.0 Å². The Morgan fingerprint density at radius 2 is 1.81 bits per heavy atom. The van der Waals surface area contributed by atoms with E-state index in [1.807, 2.05) is 29.9 Å². The highest BCUT2D eigenvalue weighted by Gasteiger charge is 2.15. The van der Waals surface area contributed by atoms with Crippen molar-refractivity contribution in [2.45, 2.75) is 26.2 Å². The quantitative estimate of drug-likeness (QED) is 0.546. The van der Waals surface area contributed by atoms with E-state index in [9.17, 15) is 0 Å². The van der Waals surface area contributed by atoms with Crippen LogP contribution in [0.3, 0.4) is 0 Å². The predicted molar refractivity (Wildman–Crippen MR) is 105 cm³/mol. The summed E-state index contributed by atoms with van der Waals surface area (Å²) in [6.07, 6.45) is 9.85. The molecular weight excluding hydrogens is 322 g/mol. The highest BCUT2D eigenvalue weighted by Crippen LogP contribution is 2.31. The lowest BCUT2D eigenvalue weighted by Crippen LogP contribution is -2.29. The van der Waals surface area contributed by atoms with Gasteiger partial charge in [-0.3, -0.25) is 4.98 Å². The molecule has 0 atom stereocenters. The van der Waals surface area contributed by atoms with Crippen LogP contribution in [0.5, 0.6) is 0 Å². The van der Waals surface area contributed by atoms with Crippen LogP contribution in [-0.2, 0) is 0 Å². The second-order valence-corrected chi connectivity index (χ2v) is 7.01. The topological polar surface area (TPSA) is 46.3 Å². The summed E-state index contributed by atoms with van der Waals surface area (Å²) in [5.41, 5.74) is 6.25. The van der Waals surface area contributed by atoms with Crippen molar-refractivity contribution >= 4 is 22.2 Å². The van der Waals surface area contributed by atoms with Gasteiger partial charge in [-0.2, -0.15) is 5.10 Å². The standard InChI is InChI=1S/C21H21N5/c1-15-11-18(17-7-3-4-8-20(17)24-15)19-13-23-26-14-16(12-22-21(19)26)25-9-5-2-6-10-25/h3-4,7-8,11-14H,2,5-6,9-10H2,1H3. The molecule has 5 rings (SSSR count). The van der Waals surface area contributed by atoms with E-state index in [-0.39, 0.29) is 0 Å². The van der Waals surface area contributed by atoms with Gasteiger partial charge in [-0.1, -0.05) is 18.2 Å². The molecule has 5 heteroatoms. The van der Waals surface area contributed by atoms with Gasteiger partial charge in [0.1, 0.15) is 0 Å². The van der Waals surface area contributed by atoms with Crippen molar-refractivity contribution in [3.05, 3.63) is 54.6 Å². The third kappa shape index (κ3) is 2.51. The van der Waals surface area contributed by atoms with Crippen LogP contribution in [0.15, 0.2) is 48.9 Å². The van der Waals surface area contributed by atoms with Crippen molar-refractivity contribution in [3.63, 3.8) is 0 Å². The summed E-state index contributed by atoms with van der Waals surface area (Å²) in [7, 11) is 0. The van der Waals surface area contributed by atoms with Gasteiger partial charge in [-0.15, -0.1) is 0 Å². The average molecular weight is 343 g/mol. The van der Waals surface area contributed by atoms with Gasteiger partial charge in [0.15, 0.2) is 5.65 Å². The second kappa shape index (κ2) is 6.09. The number of fused-ring (bicyclic) bond motifs is 2. The zero-order valence-corrected chi connectivity index (χ0v) is 14.9. The molecule has 0 spiro atoms. The Kier molecular flexibility index (Phi) is 3.59. The molecule has 1 aromatic carbocycles. The normalized spacial score (nSPS) is 15.0. The lowest BCUT2D eigenvalue weighted by Gasteiger charge is -2.28. The Morgan fingerprint density at radius 1 is 0.962 bits per heavy atom. The van der Waals surface area contributed by atoms with Crippen LogP contribution >= 0.6 is 0 Å². The first kappa shape index (κ1) is 15.3. The highest BCUT2D eigenvalue weighted by atomic mass is 15.3. The summed E-state index contributed by atoms with van der Waals surface area (Å²) < 4.78 is 1.91. The number of benzene rings is 1. The summed E-state index contributed by atoms with van der Waals surface area (Å²) in [6, 6.07) is 10.4. The van der Waals surface area contributed by atoms with Crippen LogP contribution < -0.4 is 4.90 Å². The lowest BCUT2D eigenvalue weighted by atomic mass is 10.0. The van der Waals surface area contributed by atoms with Gasteiger partial charge in [-0.05, 0) is 43.9 Å². The first-order valence-electron chi connectivity index (χ1n) is 9.25. The van der Waals surface area contributed by atoms with E-state index in [1.54, 1.807) is 0 Å². The first-order valence-corrected chi connectivity index (χ1v) is 9.25. The van der Waals surface area contributed by atoms with Crippen LogP contribution in [0.2, 0.25) is 0 Å². The minimum Gasteiger partial charge on any atom is -0.369 e. The largest absolute Gasteiger partial charge is 0.369 e. The molecule has 1 fully saturated rings. The number of hydrogen-bond donors (Lipinski definition) is 0. The van der Waals surface area contributed by atoms with Gasteiger partial charge in [0, 0.05) is 29.7 Å². The monoisotopic (exact) mass is 343 g/mol. The van der Waals surface area contributed by atoms with Crippen molar-refractivity contribution in [2.24, 2.45) is 0 Å². The van der Waals surface area contributed by atoms with E-state index in [4.69, 9.17) is 4.98 Å². The molecule has 1 aliphatic rings. The SMILES string of the molecule is Cc1cc(-c2cnn3cc(N4CCCCC4)cnc23)c2ccccc2n1. The maximum atomic E-state index is 4.77. The van der Waals surface area contributed by atoms with Gasteiger partial charge in [0.2, 0.25) is 0 Å². The lowest BCUT2D eigenvalue weighted by molar-refractivity contribution is 0.576. The zero-order valence-electron chi connectivity index (χ0n) is 14.9. The maximum absolute atomic E-state index is 4.77. The van der Waals surface area contributed by atoms with E-state index in [1.165, 1.54) is 19.3 Å². The second-order valence-electron chi connectivity index (χ2n) is 7.01.